The van der Waals surface area contributed by atoms with E-state index in [1.165, 1.54) is 57.7 Å². The van der Waals surface area contributed by atoms with Crippen LogP contribution in [0.1, 0.15) is 91.9 Å². The van der Waals surface area contributed by atoms with Crippen LogP contribution in [0.15, 0.2) is 11.1 Å². The number of rotatable bonds is 2. The molecule has 0 aromatic rings. The maximum atomic E-state index is 11.9. The van der Waals surface area contributed by atoms with Gasteiger partial charge in [-0.25, -0.2) is 13.1 Å². The fourth-order valence-corrected chi connectivity index (χ4v) is 11.6. The molecular weight excluding hydrogens is 468 g/mol. The first-order chi connectivity index (χ1) is 16.9. The average molecular weight is 519 g/mol. The van der Waals surface area contributed by atoms with E-state index in [0.29, 0.717) is 29.4 Å². The molecular formula is C30H50N2O3S. The van der Waals surface area contributed by atoms with E-state index < -0.39 is 10.0 Å². The second-order valence-electron chi connectivity index (χ2n) is 14.5. The van der Waals surface area contributed by atoms with Crippen molar-refractivity contribution in [2.24, 2.45) is 40.9 Å². The summed E-state index contributed by atoms with van der Waals surface area (Å²) in [4.78, 5) is 2.61. The Bertz CT molecular complexity index is 1030. The van der Waals surface area contributed by atoms with Crippen LogP contribution in [0.25, 0.3) is 0 Å². The molecule has 5 nitrogen and oxygen atoms in total. The summed E-state index contributed by atoms with van der Waals surface area (Å²) in [5, 5.41) is 0. The SMILES string of the molecule is CC1=C2C[C@H]3[C@@H](CC[C@@H]4C[C@H](NS(C)(=O)=O)CC[C@@]43C)[C@@H]2CC[C@@]2(C1)O[C@@H]1C[C@H](C)CN(C)[C@H]1[C@H]2C. The molecule has 4 aliphatic carbocycles. The van der Waals surface area contributed by atoms with E-state index in [-0.39, 0.29) is 11.6 Å². The monoisotopic (exact) mass is 518 g/mol. The van der Waals surface area contributed by atoms with Crippen LogP contribution in [0.2, 0.25) is 0 Å². The first kappa shape index (κ1) is 25.8. The van der Waals surface area contributed by atoms with E-state index in [1.54, 1.807) is 11.1 Å². The van der Waals surface area contributed by atoms with E-state index in [9.17, 15) is 8.42 Å². The zero-order valence-electron chi connectivity index (χ0n) is 23.6. The van der Waals surface area contributed by atoms with E-state index in [2.05, 4.69) is 44.4 Å². The first-order valence-electron chi connectivity index (χ1n) is 14.9. The van der Waals surface area contributed by atoms with Gasteiger partial charge in [-0.2, -0.15) is 0 Å². The number of likely N-dealkylation sites (tertiary alicyclic amines) is 1. The van der Waals surface area contributed by atoms with E-state index in [1.807, 2.05) is 0 Å². The van der Waals surface area contributed by atoms with Gasteiger partial charge in [0.1, 0.15) is 0 Å². The van der Waals surface area contributed by atoms with E-state index >= 15 is 0 Å². The lowest BCUT2D eigenvalue weighted by atomic mass is 9.52. The molecule has 5 fully saturated rings. The maximum absolute atomic E-state index is 11.9. The van der Waals surface area contributed by atoms with E-state index in [4.69, 9.17) is 4.74 Å². The molecule has 0 radical (unpaired) electrons. The van der Waals surface area contributed by atoms with Gasteiger partial charge < -0.3 is 9.64 Å². The van der Waals surface area contributed by atoms with Crippen molar-refractivity contribution in [3.8, 4) is 0 Å². The Kier molecular flexibility index (Phi) is 6.31. The van der Waals surface area contributed by atoms with Crippen molar-refractivity contribution in [2.45, 2.75) is 116 Å². The summed E-state index contributed by atoms with van der Waals surface area (Å²) in [7, 11) is -0.804. The minimum atomic E-state index is -3.13. The Balaban J connectivity index is 1.23. The van der Waals surface area contributed by atoms with Crippen LogP contribution in [-0.2, 0) is 14.8 Å². The standard InChI is InChI=1S/C30H50N2O3S/c1-18-13-27-28(32(5)17-18)20(3)30(35-27)12-10-23-24-8-7-21-14-22(31-36(6,33)34)9-11-29(21,4)26(24)15-25(23)19(2)16-30/h18,20-24,26-28,31H,7-17H2,1-6H3/t18-,20+,21+,22+,23-,24-,26-,27+,28-,29-,30-/m0/s1. The van der Waals surface area contributed by atoms with Crippen LogP contribution >= 0.6 is 0 Å². The molecule has 204 valence electrons. The molecule has 2 heterocycles. The number of allylic oxidation sites excluding steroid dienone is 1. The molecule has 0 amide bonds. The summed E-state index contributed by atoms with van der Waals surface area (Å²) in [6, 6.07) is 0.711. The van der Waals surface area contributed by atoms with Crippen LogP contribution < -0.4 is 4.72 Å². The van der Waals surface area contributed by atoms with Crippen molar-refractivity contribution >= 4 is 10.0 Å². The number of ether oxygens (including phenoxy) is 1. The van der Waals surface area contributed by atoms with Crippen LogP contribution in [0.3, 0.4) is 0 Å². The van der Waals surface area contributed by atoms with Crippen LogP contribution in [0.5, 0.6) is 0 Å². The lowest BCUT2D eigenvalue weighted by Crippen LogP contribution is -2.50. The Morgan fingerprint density at radius 2 is 1.86 bits per heavy atom. The smallest absolute Gasteiger partial charge is 0.208 e. The number of sulfonamides is 1. The first-order valence-corrected chi connectivity index (χ1v) is 16.8. The summed E-state index contributed by atoms with van der Waals surface area (Å²) in [5.41, 5.74) is 3.84. The number of nitrogens with one attached hydrogen (secondary N) is 1. The molecule has 6 rings (SSSR count). The van der Waals surface area contributed by atoms with Gasteiger partial charge in [-0.1, -0.05) is 31.9 Å². The van der Waals surface area contributed by atoms with Crippen LogP contribution in [-0.4, -0.2) is 57.0 Å². The Hall–Kier alpha value is -0.430. The molecule has 36 heavy (non-hydrogen) atoms. The van der Waals surface area contributed by atoms with Crippen molar-refractivity contribution in [1.82, 2.24) is 9.62 Å². The molecule has 1 spiro atoms. The molecule has 11 atom stereocenters. The molecule has 0 bridgehead atoms. The highest BCUT2D eigenvalue weighted by Crippen LogP contribution is 2.65. The summed E-state index contributed by atoms with van der Waals surface area (Å²) in [6.45, 7) is 11.1. The van der Waals surface area contributed by atoms with Crippen molar-refractivity contribution in [3.63, 3.8) is 0 Å². The van der Waals surface area contributed by atoms with Gasteiger partial charge in [0, 0.05) is 24.5 Å². The topological polar surface area (TPSA) is 58.6 Å². The number of piperidine rings is 1. The largest absolute Gasteiger partial charge is 0.369 e. The molecule has 2 saturated heterocycles. The Morgan fingerprint density at radius 1 is 1.08 bits per heavy atom. The lowest BCUT2D eigenvalue weighted by Gasteiger charge is -2.54. The van der Waals surface area contributed by atoms with Gasteiger partial charge in [-0.15, -0.1) is 0 Å². The molecule has 1 N–H and O–H groups in total. The highest BCUT2D eigenvalue weighted by atomic mass is 32.2. The fraction of sp³-hybridized carbons (Fsp3) is 0.933. The molecule has 3 saturated carbocycles. The van der Waals surface area contributed by atoms with Gasteiger partial charge in [0.25, 0.3) is 0 Å². The molecule has 6 heteroatoms. The zero-order chi connectivity index (χ0) is 25.6. The number of hydrogen-bond donors (Lipinski definition) is 1. The normalized spacial score (nSPS) is 51.4. The van der Waals surface area contributed by atoms with Crippen molar-refractivity contribution in [3.05, 3.63) is 11.1 Å². The predicted molar refractivity (Wildman–Crippen MR) is 145 cm³/mol. The minimum Gasteiger partial charge on any atom is -0.369 e. The Morgan fingerprint density at radius 3 is 2.61 bits per heavy atom. The third-order valence-corrected chi connectivity index (χ3v) is 13.1. The third-order valence-electron chi connectivity index (χ3n) is 12.4. The molecule has 0 aromatic carbocycles. The fourth-order valence-electron chi connectivity index (χ4n) is 10.8. The van der Waals surface area contributed by atoms with Gasteiger partial charge in [0.05, 0.1) is 18.0 Å². The van der Waals surface area contributed by atoms with Crippen molar-refractivity contribution in [1.29, 1.82) is 0 Å². The second kappa shape index (κ2) is 8.79. The van der Waals surface area contributed by atoms with Crippen LogP contribution in [0.4, 0.5) is 0 Å². The Labute approximate surface area is 220 Å². The predicted octanol–water partition coefficient (Wildman–Crippen LogP) is 5.37. The summed E-state index contributed by atoms with van der Waals surface area (Å²) in [6.07, 6.45) is 13.7. The summed E-state index contributed by atoms with van der Waals surface area (Å²) < 4.78 is 33.8. The quantitative estimate of drug-likeness (QED) is 0.499. The molecule has 0 aromatic heterocycles. The highest BCUT2D eigenvalue weighted by molar-refractivity contribution is 7.88. The van der Waals surface area contributed by atoms with Crippen molar-refractivity contribution in [2.75, 3.05) is 19.8 Å². The maximum Gasteiger partial charge on any atom is 0.208 e. The van der Waals surface area contributed by atoms with Gasteiger partial charge in [-0.05, 0) is 113 Å². The molecule has 2 aliphatic heterocycles. The van der Waals surface area contributed by atoms with Gasteiger partial charge in [-0.3, -0.25) is 0 Å². The average Bonchev–Trinajstić information content (AvgIpc) is 3.23. The minimum absolute atomic E-state index is 0.0288. The lowest BCUT2D eigenvalue weighted by molar-refractivity contribution is -0.0796. The number of hydrogen-bond acceptors (Lipinski definition) is 4. The van der Waals surface area contributed by atoms with Gasteiger partial charge in [0.2, 0.25) is 10.0 Å². The molecule has 6 aliphatic rings. The van der Waals surface area contributed by atoms with E-state index in [0.717, 1.165) is 42.9 Å². The van der Waals surface area contributed by atoms with Gasteiger partial charge >= 0.3 is 0 Å². The zero-order valence-corrected chi connectivity index (χ0v) is 24.4. The van der Waals surface area contributed by atoms with Crippen molar-refractivity contribution < 1.29 is 13.2 Å². The third kappa shape index (κ3) is 4.07. The number of fused-ring (bicyclic) bond motifs is 6. The molecule has 0 unspecified atom stereocenters. The second-order valence-corrected chi connectivity index (χ2v) is 16.3. The summed E-state index contributed by atoms with van der Waals surface area (Å²) in [5.74, 6) is 4.30. The summed E-state index contributed by atoms with van der Waals surface area (Å²) >= 11 is 0. The highest BCUT2D eigenvalue weighted by Gasteiger charge is 2.60. The number of nitrogens with zero attached hydrogens (tertiary/aromatic N) is 1. The number of likely N-dealkylation sites (N-methyl/N-ethyl adjacent to an activating group) is 1. The van der Waals surface area contributed by atoms with Gasteiger partial charge in [0.15, 0.2) is 0 Å². The van der Waals surface area contributed by atoms with Crippen LogP contribution in [0, 0.1) is 40.9 Å².